The van der Waals surface area contributed by atoms with Crippen molar-refractivity contribution in [1.29, 1.82) is 0 Å². The molecule has 2 aliphatic rings. The average molecular weight is 307 g/mol. The number of fused-ring (bicyclic) bond motifs is 1. The third kappa shape index (κ3) is 2.70. The van der Waals surface area contributed by atoms with Gasteiger partial charge in [-0.2, -0.15) is 0 Å². The fourth-order valence-corrected chi connectivity index (χ4v) is 3.72. The molecule has 0 aromatic heterocycles. The Labute approximate surface area is 129 Å². The number of amides is 1. The lowest BCUT2D eigenvalue weighted by molar-refractivity contribution is 0.0645. The highest BCUT2D eigenvalue weighted by Gasteiger charge is 2.34. The van der Waals surface area contributed by atoms with Gasteiger partial charge in [0.15, 0.2) is 11.6 Å². The van der Waals surface area contributed by atoms with E-state index in [2.05, 4.69) is 0 Å². The number of carbonyl (C=O) groups is 1. The van der Waals surface area contributed by atoms with Gasteiger partial charge in [-0.3, -0.25) is 4.79 Å². The molecule has 120 valence electrons. The van der Waals surface area contributed by atoms with Gasteiger partial charge in [0.25, 0.3) is 5.91 Å². The molecule has 1 fully saturated rings. The minimum atomic E-state index is -0.803. The largest absolute Gasteiger partial charge is 0.505 e. The van der Waals surface area contributed by atoms with Crippen LogP contribution in [-0.4, -0.2) is 33.7 Å². The van der Waals surface area contributed by atoms with E-state index < -0.39 is 11.6 Å². The maximum absolute atomic E-state index is 13.9. The maximum atomic E-state index is 13.9. The summed E-state index contributed by atoms with van der Waals surface area (Å²) in [6.45, 7) is 2.88. The van der Waals surface area contributed by atoms with E-state index in [1.165, 1.54) is 6.07 Å². The number of rotatable bonds is 3. The molecule has 1 aromatic rings. The SMILES string of the molecule is C[C@H](O)C1CCC(CN2Cc3ccc(O)c(F)c3C2=O)CC1. The van der Waals surface area contributed by atoms with E-state index >= 15 is 0 Å². The average Bonchev–Trinajstić information content (AvgIpc) is 2.81. The number of nitrogens with zero attached hydrogens (tertiary/aromatic N) is 1. The summed E-state index contributed by atoms with van der Waals surface area (Å²) in [5, 5.41) is 19.1. The minimum absolute atomic E-state index is 0.0256. The van der Waals surface area contributed by atoms with Gasteiger partial charge in [0, 0.05) is 13.1 Å². The van der Waals surface area contributed by atoms with Gasteiger partial charge < -0.3 is 15.1 Å². The van der Waals surface area contributed by atoms with Crippen LogP contribution in [-0.2, 0) is 6.54 Å². The lowest BCUT2D eigenvalue weighted by atomic mass is 9.79. The van der Waals surface area contributed by atoms with Crippen molar-refractivity contribution in [2.75, 3.05) is 6.54 Å². The van der Waals surface area contributed by atoms with Crippen molar-refractivity contribution in [2.24, 2.45) is 11.8 Å². The van der Waals surface area contributed by atoms with Crippen LogP contribution in [0.1, 0.15) is 48.5 Å². The molecule has 1 aromatic carbocycles. The number of carbonyl (C=O) groups excluding carboxylic acids is 1. The zero-order chi connectivity index (χ0) is 15.9. The summed E-state index contributed by atoms with van der Waals surface area (Å²) in [7, 11) is 0. The van der Waals surface area contributed by atoms with E-state index in [0.29, 0.717) is 30.5 Å². The Kier molecular flexibility index (Phi) is 4.08. The number of phenolic OH excluding ortho intramolecular Hbond substituents is 1. The Morgan fingerprint density at radius 1 is 1.32 bits per heavy atom. The maximum Gasteiger partial charge on any atom is 0.257 e. The summed E-state index contributed by atoms with van der Waals surface area (Å²) in [6.07, 6.45) is 3.67. The van der Waals surface area contributed by atoms with Crippen LogP contribution in [0.3, 0.4) is 0 Å². The first-order valence-electron chi connectivity index (χ1n) is 7.95. The minimum Gasteiger partial charge on any atom is -0.505 e. The molecule has 1 aliphatic carbocycles. The fraction of sp³-hybridized carbons (Fsp3) is 0.588. The van der Waals surface area contributed by atoms with Gasteiger partial charge in [0.2, 0.25) is 0 Å². The van der Waals surface area contributed by atoms with Crippen molar-refractivity contribution in [3.63, 3.8) is 0 Å². The highest BCUT2D eigenvalue weighted by molar-refractivity contribution is 5.99. The topological polar surface area (TPSA) is 60.8 Å². The standard InChI is InChI=1S/C17H22FNO3/c1-10(20)12-4-2-11(3-5-12)8-19-9-13-6-7-14(21)16(18)15(13)17(19)22/h6-7,10-12,20-21H,2-5,8-9H2,1H3/t10-,11?,12?/m0/s1. The first kappa shape index (κ1) is 15.3. The molecule has 4 nitrogen and oxygen atoms in total. The van der Waals surface area contributed by atoms with Gasteiger partial charge in [0.1, 0.15) is 0 Å². The number of aliphatic hydroxyl groups is 1. The normalized spacial score (nSPS) is 26.1. The molecule has 1 heterocycles. The smallest absolute Gasteiger partial charge is 0.257 e. The van der Waals surface area contributed by atoms with Crippen LogP contribution in [0.2, 0.25) is 0 Å². The van der Waals surface area contributed by atoms with Crippen LogP contribution in [0, 0.1) is 17.7 Å². The van der Waals surface area contributed by atoms with Crippen LogP contribution >= 0.6 is 0 Å². The van der Waals surface area contributed by atoms with Crippen molar-refractivity contribution >= 4 is 5.91 Å². The Morgan fingerprint density at radius 3 is 2.64 bits per heavy atom. The second kappa shape index (κ2) is 5.88. The fourth-order valence-electron chi connectivity index (χ4n) is 3.72. The number of aliphatic hydroxyl groups excluding tert-OH is 1. The molecule has 3 rings (SSSR count). The highest BCUT2D eigenvalue weighted by Crippen LogP contribution is 2.34. The van der Waals surface area contributed by atoms with E-state index in [0.717, 1.165) is 25.7 Å². The third-order valence-electron chi connectivity index (χ3n) is 5.12. The second-order valence-electron chi connectivity index (χ2n) is 6.64. The molecule has 0 spiro atoms. The number of halogens is 1. The van der Waals surface area contributed by atoms with Crippen molar-refractivity contribution in [2.45, 2.75) is 45.3 Å². The van der Waals surface area contributed by atoms with Crippen LogP contribution in [0.4, 0.5) is 4.39 Å². The lowest BCUT2D eigenvalue weighted by Crippen LogP contribution is -2.33. The van der Waals surface area contributed by atoms with E-state index in [1.54, 1.807) is 11.0 Å². The van der Waals surface area contributed by atoms with Crippen molar-refractivity contribution in [1.82, 2.24) is 4.90 Å². The zero-order valence-corrected chi connectivity index (χ0v) is 12.8. The van der Waals surface area contributed by atoms with E-state index in [9.17, 15) is 19.4 Å². The molecule has 1 aliphatic heterocycles. The van der Waals surface area contributed by atoms with E-state index in [4.69, 9.17) is 0 Å². The van der Waals surface area contributed by atoms with Crippen molar-refractivity contribution in [3.8, 4) is 5.75 Å². The van der Waals surface area contributed by atoms with Crippen LogP contribution < -0.4 is 0 Å². The van der Waals surface area contributed by atoms with Gasteiger partial charge in [-0.1, -0.05) is 6.07 Å². The van der Waals surface area contributed by atoms with Gasteiger partial charge in [-0.15, -0.1) is 0 Å². The Bertz CT molecular complexity index is 580. The monoisotopic (exact) mass is 307 g/mol. The molecule has 1 saturated carbocycles. The first-order chi connectivity index (χ1) is 10.5. The molecule has 0 saturated heterocycles. The Hall–Kier alpha value is -1.62. The van der Waals surface area contributed by atoms with Gasteiger partial charge in [0.05, 0.1) is 11.7 Å². The quantitative estimate of drug-likeness (QED) is 0.902. The molecule has 0 unspecified atom stereocenters. The molecule has 0 radical (unpaired) electrons. The van der Waals surface area contributed by atoms with E-state index in [-0.39, 0.29) is 17.6 Å². The Morgan fingerprint density at radius 2 is 2.00 bits per heavy atom. The van der Waals surface area contributed by atoms with Crippen LogP contribution in [0.15, 0.2) is 12.1 Å². The van der Waals surface area contributed by atoms with E-state index in [1.807, 2.05) is 6.92 Å². The predicted molar refractivity (Wildman–Crippen MR) is 79.9 cm³/mol. The summed E-state index contributed by atoms with van der Waals surface area (Å²) >= 11 is 0. The molecule has 1 amide bonds. The lowest BCUT2D eigenvalue weighted by Gasteiger charge is -2.32. The molecule has 22 heavy (non-hydrogen) atoms. The molecule has 5 heteroatoms. The summed E-state index contributed by atoms with van der Waals surface area (Å²) in [5.74, 6) is -0.822. The molecular weight excluding hydrogens is 285 g/mol. The predicted octanol–water partition coefficient (Wildman–Crippen LogP) is 2.67. The summed E-state index contributed by atoms with van der Waals surface area (Å²) < 4.78 is 13.9. The van der Waals surface area contributed by atoms with Crippen LogP contribution in [0.5, 0.6) is 5.75 Å². The summed E-state index contributed by atoms with van der Waals surface area (Å²) in [6, 6.07) is 2.93. The van der Waals surface area contributed by atoms with Crippen molar-refractivity contribution < 1.29 is 19.4 Å². The van der Waals surface area contributed by atoms with Crippen LogP contribution in [0.25, 0.3) is 0 Å². The molecule has 2 N–H and O–H groups in total. The van der Waals surface area contributed by atoms with Gasteiger partial charge >= 0.3 is 0 Å². The molecule has 0 bridgehead atoms. The molecule has 1 atom stereocenters. The number of hydrogen-bond donors (Lipinski definition) is 2. The summed E-state index contributed by atoms with van der Waals surface area (Å²) in [4.78, 5) is 14.0. The number of aromatic hydroxyl groups is 1. The second-order valence-corrected chi connectivity index (χ2v) is 6.64. The van der Waals surface area contributed by atoms with Gasteiger partial charge in [-0.05, 0) is 56.1 Å². The summed E-state index contributed by atoms with van der Waals surface area (Å²) in [5.41, 5.74) is 0.677. The Balaban J connectivity index is 1.64. The number of phenols is 1. The first-order valence-corrected chi connectivity index (χ1v) is 7.95. The number of hydrogen-bond acceptors (Lipinski definition) is 3. The molecular formula is C17H22FNO3. The number of benzene rings is 1. The third-order valence-corrected chi connectivity index (χ3v) is 5.12. The highest BCUT2D eigenvalue weighted by atomic mass is 19.1. The van der Waals surface area contributed by atoms with Crippen molar-refractivity contribution in [3.05, 3.63) is 29.1 Å². The zero-order valence-electron chi connectivity index (χ0n) is 12.8. The van der Waals surface area contributed by atoms with Gasteiger partial charge in [-0.25, -0.2) is 4.39 Å².